The van der Waals surface area contributed by atoms with Gasteiger partial charge in [-0.3, -0.25) is 9.69 Å². The fourth-order valence-corrected chi connectivity index (χ4v) is 5.54. The lowest BCUT2D eigenvalue weighted by Crippen LogP contribution is -2.50. The number of halogens is 2. The molecule has 2 aliphatic heterocycles. The molecule has 8 heteroatoms. The first-order chi connectivity index (χ1) is 16.6. The first-order valence-corrected chi connectivity index (χ1v) is 12.0. The van der Waals surface area contributed by atoms with E-state index in [1.807, 2.05) is 34.9 Å². The second kappa shape index (κ2) is 8.52. The summed E-state index contributed by atoms with van der Waals surface area (Å²) in [5, 5.41) is 10.3. The molecule has 0 radical (unpaired) electrons. The summed E-state index contributed by atoms with van der Waals surface area (Å²) in [5.74, 6) is -1.40. The number of nitrogens with one attached hydrogen (secondary N) is 1. The van der Waals surface area contributed by atoms with Gasteiger partial charge in [0.15, 0.2) is 0 Å². The Morgan fingerprint density at radius 2 is 1.97 bits per heavy atom. The Morgan fingerprint density at radius 3 is 2.63 bits per heavy atom. The fraction of sp³-hybridized carbons (Fsp3) is 0.444. The predicted octanol–water partition coefficient (Wildman–Crippen LogP) is 4.92. The number of methoxy groups -OCH3 is 1. The van der Waals surface area contributed by atoms with Crippen LogP contribution in [0, 0.1) is 11.7 Å². The van der Waals surface area contributed by atoms with Gasteiger partial charge in [0.2, 0.25) is 0 Å². The van der Waals surface area contributed by atoms with Crippen molar-refractivity contribution in [2.75, 3.05) is 31.6 Å². The molecule has 0 saturated carbocycles. The summed E-state index contributed by atoms with van der Waals surface area (Å²) in [6.45, 7) is 5.91. The average Bonchev–Trinajstić information content (AvgIpc) is 3.10. The van der Waals surface area contributed by atoms with Crippen molar-refractivity contribution in [3.8, 4) is 5.75 Å². The van der Waals surface area contributed by atoms with E-state index >= 15 is 4.39 Å². The van der Waals surface area contributed by atoms with Crippen LogP contribution in [0.1, 0.15) is 43.6 Å². The van der Waals surface area contributed by atoms with Crippen molar-refractivity contribution >= 4 is 22.6 Å². The van der Waals surface area contributed by atoms with Gasteiger partial charge in [-0.1, -0.05) is 18.2 Å². The maximum atomic E-state index is 16.0. The van der Waals surface area contributed by atoms with Crippen molar-refractivity contribution in [2.45, 2.75) is 44.9 Å². The molecule has 0 aliphatic carbocycles. The fourth-order valence-electron chi connectivity index (χ4n) is 5.54. The molecule has 2 N–H and O–H groups in total. The number of ether oxygens (including phenoxy) is 1. The number of fused-ring (bicyclic) bond motifs is 3. The second-order valence-corrected chi connectivity index (χ2v) is 10.4. The number of hydrogen-bond acceptors (Lipinski definition) is 4. The standard InChI is InChI=1S/C27H31F2N3O3/c1-15-9-19-18-7-5-6-8-21(18)30-24(19)25(32(15)14-27(2,3)29)23-20(28)10-17(11-22(23)35-4)31-12-16(13-31)26(33)34/h5-8,10-11,15-16,25,30H,9,12-14H2,1-4H3,(H,33,34)/t15-,25-/m1/s1. The molecule has 1 aromatic heterocycles. The topological polar surface area (TPSA) is 68.8 Å². The number of alkyl halides is 1. The highest BCUT2D eigenvalue weighted by Gasteiger charge is 2.41. The summed E-state index contributed by atoms with van der Waals surface area (Å²) >= 11 is 0. The van der Waals surface area contributed by atoms with Crippen molar-refractivity contribution < 1.29 is 23.4 Å². The van der Waals surface area contributed by atoms with Gasteiger partial charge in [-0.15, -0.1) is 0 Å². The Labute approximate surface area is 203 Å². The van der Waals surface area contributed by atoms with Crippen molar-refractivity contribution in [3.05, 3.63) is 59.0 Å². The molecule has 2 atom stereocenters. The van der Waals surface area contributed by atoms with Crippen LogP contribution >= 0.6 is 0 Å². The number of aromatic amines is 1. The van der Waals surface area contributed by atoms with Gasteiger partial charge in [-0.05, 0) is 44.9 Å². The molecule has 2 aliphatic rings. The third-order valence-corrected chi connectivity index (χ3v) is 7.24. The predicted molar refractivity (Wildman–Crippen MR) is 131 cm³/mol. The number of carboxylic acid groups (broad SMARTS) is 1. The quantitative estimate of drug-likeness (QED) is 0.521. The maximum Gasteiger partial charge on any atom is 0.310 e. The van der Waals surface area contributed by atoms with E-state index in [2.05, 4.69) is 11.1 Å². The number of anilines is 1. The summed E-state index contributed by atoms with van der Waals surface area (Å²) in [4.78, 5) is 18.6. The molecule has 3 heterocycles. The van der Waals surface area contributed by atoms with Crippen molar-refractivity contribution in [1.29, 1.82) is 0 Å². The molecular weight excluding hydrogens is 452 g/mol. The monoisotopic (exact) mass is 483 g/mol. The number of nitrogens with zero attached hydrogens (tertiary/aromatic N) is 2. The molecule has 0 unspecified atom stereocenters. The van der Waals surface area contributed by atoms with E-state index < -0.39 is 29.4 Å². The molecule has 5 rings (SSSR count). The molecule has 0 amide bonds. The van der Waals surface area contributed by atoms with Crippen LogP contribution < -0.4 is 9.64 Å². The number of H-pyrrole nitrogens is 1. The molecule has 0 spiro atoms. The number of rotatable bonds is 6. The van der Waals surface area contributed by atoms with E-state index in [1.165, 1.54) is 27.0 Å². The minimum absolute atomic E-state index is 0.0304. The Morgan fingerprint density at radius 1 is 1.26 bits per heavy atom. The largest absolute Gasteiger partial charge is 0.496 e. The highest BCUT2D eigenvalue weighted by molar-refractivity contribution is 5.85. The van der Waals surface area contributed by atoms with Crippen LogP contribution in [0.25, 0.3) is 10.9 Å². The first kappa shape index (κ1) is 23.6. The van der Waals surface area contributed by atoms with Crippen LogP contribution in [-0.2, 0) is 11.2 Å². The van der Waals surface area contributed by atoms with Crippen LogP contribution in [0.3, 0.4) is 0 Å². The number of carboxylic acids is 1. The second-order valence-electron chi connectivity index (χ2n) is 10.4. The number of aromatic nitrogens is 1. The van der Waals surface area contributed by atoms with E-state index in [-0.39, 0.29) is 12.6 Å². The lowest BCUT2D eigenvalue weighted by Gasteiger charge is -2.43. The van der Waals surface area contributed by atoms with Crippen molar-refractivity contribution in [1.82, 2.24) is 9.88 Å². The van der Waals surface area contributed by atoms with E-state index in [1.54, 1.807) is 6.07 Å². The first-order valence-electron chi connectivity index (χ1n) is 12.0. The molecule has 0 bridgehead atoms. The molecule has 1 saturated heterocycles. The van der Waals surface area contributed by atoms with Gasteiger partial charge in [-0.25, -0.2) is 8.78 Å². The molecule has 186 valence electrons. The highest BCUT2D eigenvalue weighted by Crippen LogP contribution is 2.46. The summed E-state index contributed by atoms with van der Waals surface area (Å²) in [7, 11) is 1.50. The van der Waals surface area contributed by atoms with Crippen LogP contribution in [0.2, 0.25) is 0 Å². The SMILES string of the molecule is COc1cc(N2CC(C(=O)O)C2)cc(F)c1[C@@H]1c2[nH]c3ccccc3c2C[C@@H](C)N1CC(C)(C)F. The summed E-state index contributed by atoms with van der Waals surface area (Å²) in [5.41, 5.74) is 2.39. The number of hydrogen-bond donors (Lipinski definition) is 2. The Hall–Kier alpha value is -3.13. The van der Waals surface area contributed by atoms with Crippen LogP contribution in [0.5, 0.6) is 5.75 Å². The third kappa shape index (κ3) is 4.14. The van der Waals surface area contributed by atoms with Crippen LogP contribution in [0.15, 0.2) is 36.4 Å². The molecule has 1 fully saturated rings. The number of para-hydroxylation sites is 1. The van der Waals surface area contributed by atoms with Gasteiger partial charge in [0.05, 0.1) is 24.6 Å². The van der Waals surface area contributed by atoms with Crippen LogP contribution in [-0.4, -0.2) is 59.4 Å². The summed E-state index contributed by atoms with van der Waals surface area (Å²) in [6, 6.07) is 10.6. The molecule has 3 aromatic rings. The minimum Gasteiger partial charge on any atom is -0.496 e. The smallest absolute Gasteiger partial charge is 0.310 e. The Kier molecular flexibility index (Phi) is 5.74. The third-order valence-electron chi connectivity index (χ3n) is 7.24. The number of benzene rings is 2. The molecule has 6 nitrogen and oxygen atoms in total. The zero-order chi connectivity index (χ0) is 25.1. The minimum atomic E-state index is -1.48. The zero-order valence-corrected chi connectivity index (χ0v) is 20.4. The normalized spacial score (nSPS) is 21.1. The van der Waals surface area contributed by atoms with Gasteiger partial charge < -0.3 is 19.7 Å². The average molecular weight is 484 g/mol. The van der Waals surface area contributed by atoms with E-state index in [4.69, 9.17) is 4.74 Å². The Balaban J connectivity index is 1.64. The molecular formula is C27H31F2N3O3. The van der Waals surface area contributed by atoms with Gasteiger partial charge in [0.1, 0.15) is 17.2 Å². The molecule has 35 heavy (non-hydrogen) atoms. The van der Waals surface area contributed by atoms with Gasteiger partial charge in [0, 0.05) is 54.0 Å². The van der Waals surface area contributed by atoms with Gasteiger partial charge in [-0.2, -0.15) is 0 Å². The molecule has 2 aromatic carbocycles. The highest BCUT2D eigenvalue weighted by atomic mass is 19.1. The van der Waals surface area contributed by atoms with Crippen LogP contribution in [0.4, 0.5) is 14.5 Å². The van der Waals surface area contributed by atoms with Gasteiger partial charge in [0.25, 0.3) is 0 Å². The number of carbonyl (C=O) groups is 1. The lowest BCUT2D eigenvalue weighted by molar-refractivity contribution is -0.142. The van der Waals surface area contributed by atoms with Crippen molar-refractivity contribution in [3.63, 3.8) is 0 Å². The van der Waals surface area contributed by atoms with E-state index in [0.717, 1.165) is 28.6 Å². The lowest BCUT2D eigenvalue weighted by atomic mass is 9.86. The summed E-state index contributed by atoms with van der Waals surface area (Å²) in [6.07, 6.45) is 0.721. The number of aliphatic carboxylic acids is 1. The Bertz CT molecular complexity index is 1280. The summed E-state index contributed by atoms with van der Waals surface area (Å²) < 4.78 is 36.7. The zero-order valence-electron chi connectivity index (χ0n) is 20.4. The van der Waals surface area contributed by atoms with Crippen molar-refractivity contribution in [2.24, 2.45) is 5.92 Å². The van der Waals surface area contributed by atoms with Gasteiger partial charge >= 0.3 is 5.97 Å². The van der Waals surface area contributed by atoms with E-state index in [9.17, 15) is 14.3 Å². The maximum absolute atomic E-state index is 16.0. The van der Waals surface area contributed by atoms with E-state index in [0.29, 0.717) is 30.1 Å².